The van der Waals surface area contributed by atoms with Crippen LogP contribution in [0.1, 0.15) is 30.8 Å². The Morgan fingerprint density at radius 2 is 2.29 bits per heavy atom. The van der Waals surface area contributed by atoms with Gasteiger partial charge in [0.2, 0.25) is 5.91 Å². The first kappa shape index (κ1) is 18.0. The third kappa shape index (κ3) is 4.68. The number of aromatic nitrogens is 3. The molecule has 28 heavy (non-hydrogen) atoms. The van der Waals surface area contributed by atoms with Crippen LogP contribution in [0, 0.1) is 5.92 Å². The monoisotopic (exact) mass is 378 g/mol. The standard InChI is InChI=1S/C21H22N4O3/c1-15-11-19(15)20-7-5-17(28-20)6-8-21(26)24-16-3-2-4-18(12-16)27-10-9-25-14-22-13-23-25/h2-8,12-15,19H,9-11H2,1H3,(H,24,26)/b8-6+. The molecule has 4 rings (SSSR count). The van der Waals surface area contributed by atoms with Crippen LogP contribution in [0.5, 0.6) is 5.75 Å². The Bertz CT molecular complexity index is 962. The van der Waals surface area contributed by atoms with Crippen molar-refractivity contribution >= 4 is 17.7 Å². The molecule has 1 saturated carbocycles. The number of ether oxygens (including phenoxy) is 1. The maximum atomic E-state index is 12.2. The van der Waals surface area contributed by atoms with Crippen molar-refractivity contribution < 1.29 is 13.9 Å². The molecule has 1 N–H and O–H groups in total. The van der Waals surface area contributed by atoms with E-state index in [1.54, 1.807) is 23.2 Å². The summed E-state index contributed by atoms with van der Waals surface area (Å²) >= 11 is 0. The van der Waals surface area contributed by atoms with Crippen LogP contribution < -0.4 is 10.1 Å². The maximum absolute atomic E-state index is 12.2. The van der Waals surface area contributed by atoms with Gasteiger partial charge in [-0.05, 0) is 42.7 Å². The fourth-order valence-corrected chi connectivity index (χ4v) is 2.99. The van der Waals surface area contributed by atoms with E-state index < -0.39 is 0 Å². The van der Waals surface area contributed by atoms with Gasteiger partial charge in [-0.25, -0.2) is 9.67 Å². The SMILES string of the molecule is CC1CC1c1ccc(/C=C/C(=O)Nc2cccc(OCCn3cncn3)c2)o1. The van der Waals surface area contributed by atoms with Gasteiger partial charge >= 0.3 is 0 Å². The highest BCUT2D eigenvalue weighted by Gasteiger charge is 2.36. The molecule has 1 amide bonds. The molecule has 0 spiro atoms. The summed E-state index contributed by atoms with van der Waals surface area (Å²) < 4.78 is 13.2. The molecule has 2 atom stereocenters. The van der Waals surface area contributed by atoms with Gasteiger partial charge in [0.05, 0.1) is 6.54 Å². The van der Waals surface area contributed by atoms with E-state index in [1.165, 1.54) is 18.8 Å². The lowest BCUT2D eigenvalue weighted by molar-refractivity contribution is -0.111. The van der Waals surface area contributed by atoms with Gasteiger partial charge in [-0.15, -0.1) is 0 Å². The van der Waals surface area contributed by atoms with Gasteiger partial charge in [0.1, 0.15) is 36.5 Å². The van der Waals surface area contributed by atoms with Crippen LogP contribution in [0.4, 0.5) is 5.69 Å². The molecule has 1 aliphatic carbocycles. The average molecular weight is 378 g/mol. The summed E-state index contributed by atoms with van der Waals surface area (Å²) in [6.07, 6.45) is 7.45. The summed E-state index contributed by atoms with van der Waals surface area (Å²) in [4.78, 5) is 16.1. The zero-order valence-corrected chi connectivity index (χ0v) is 15.6. The summed E-state index contributed by atoms with van der Waals surface area (Å²) in [6, 6.07) is 11.2. The molecular weight excluding hydrogens is 356 g/mol. The van der Waals surface area contributed by atoms with Gasteiger partial charge in [-0.2, -0.15) is 5.10 Å². The summed E-state index contributed by atoms with van der Waals surface area (Å²) in [5, 5.41) is 6.85. The predicted molar refractivity (Wildman–Crippen MR) is 105 cm³/mol. The fourth-order valence-electron chi connectivity index (χ4n) is 2.99. The molecule has 0 bridgehead atoms. The van der Waals surface area contributed by atoms with Crippen LogP contribution in [-0.4, -0.2) is 27.3 Å². The zero-order valence-electron chi connectivity index (χ0n) is 15.6. The van der Waals surface area contributed by atoms with E-state index in [0.29, 0.717) is 42.2 Å². The molecule has 0 aliphatic heterocycles. The van der Waals surface area contributed by atoms with E-state index in [-0.39, 0.29) is 5.91 Å². The number of carbonyl (C=O) groups excluding carboxylic acids is 1. The molecule has 0 radical (unpaired) electrons. The molecule has 7 nitrogen and oxygen atoms in total. The van der Waals surface area contributed by atoms with Gasteiger partial charge < -0.3 is 14.5 Å². The lowest BCUT2D eigenvalue weighted by Gasteiger charge is -2.08. The second-order valence-corrected chi connectivity index (χ2v) is 6.92. The van der Waals surface area contributed by atoms with Crippen molar-refractivity contribution in [3.8, 4) is 5.75 Å². The van der Waals surface area contributed by atoms with Gasteiger partial charge in [0.15, 0.2) is 0 Å². The first-order valence-corrected chi connectivity index (χ1v) is 9.31. The number of amides is 1. The van der Waals surface area contributed by atoms with E-state index in [0.717, 1.165) is 5.76 Å². The Morgan fingerprint density at radius 3 is 3.07 bits per heavy atom. The smallest absolute Gasteiger partial charge is 0.248 e. The lowest BCUT2D eigenvalue weighted by atomic mass is 10.3. The lowest BCUT2D eigenvalue weighted by Crippen LogP contribution is -2.10. The second kappa shape index (κ2) is 8.12. The van der Waals surface area contributed by atoms with Crippen molar-refractivity contribution in [2.75, 3.05) is 11.9 Å². The maximum Gasteiger partial charge on any atom is 0.248 e. The molecule has 144 valence electrons. The van der Waals surface area contributed by atoms with Gasteiger partial charge in [0.25, 0.3) is 0 Å². The zero-order chi connectivity index (χ0) is 19.3. The molecular formula is C21H22N4O3. The van der Waals surface area contributed by atoms with Gasteiger partial charge in [0, 0.05) is 23.7 Å². The van der Waals surface area contributed by atoms with Crippen LogP contribution in [0.2, 0.25) is 0 Å². The van der Waals surface area contributed by atoms with Crippen LogP contribution in [0.25, 0.3) is 6.08 Å². The molecule has 2 aromatic heterocycles. The molecule has 7 heteroatoms. The first-order valence-electron chi connectivity index (χ1n) is 9.31. The van der Waals surface area contributed by atoms with Crippen molar-refractivity contribution in [2.24, 2.45) is 5.92 Å². The first-order chi connectivity index (χ1) is 13.7. The topological polar surface area (TPSA) is 82.2 Å². The Kier molecular flexibility index (Phi) is 5.23. The van der Waals surface area contributed by atoms with Crippen LogP contribution in [-0.2, 0) is 11.3 Å². The summed E-state index contributed by atoms with van der Waals surface area (Å²) in [7, 11) is 0. The minimum absolute atomic E-state index is 0.225. The highest BCUT2D eigenvalue weighted by atomic mass is 16.5. The molecule has 0 saturated heterocycles. The number of hydrogen-bond donors (Lipinski definition) is 1. The van der Waals surface area contributed by atoms with Crippen LogP contribution in [0.15, 0.2) is 59.5 Å². The van der Waals surface area contributed by atoms with Crippen molar-refractivity contribution in [1.29, 1.82) is 0 Å². The predicted octanol–water partition coefficient (Wildman–Crippen LogP) is 3.73. The average Bonchev–Trinajstić information content (AvgIpc) is 3.08. The van der Waals surface area contributed by atoms with Crippen LogP contribution in [0.3, 0.4) is 0 Å². The quantitative estimate of drug-likeness (QED) is 0.604. The minimum Gasteiger partial charge on any atom is -0.492 e. The second-order valence-electron chi connectivity index (χ2n) is 6.92. The Morgan fingerprint density at radius 1 is 1.39 bits per heavy atom. The van der Waals surface area contributed by atoms with E-state index in [4.69, 9.17) is 9.15 Å². The Balaban J connectivity index is 1.28. The number of rotatable bonds is 8. The number of anilines is 1. The number of furan rings is 1. The van der Waals surface area contributed by atoms with E-state index in [2.05, 4.69) is 22.3 Å². The normalized spacial score (nSPS) is 18.3. The van der Waals surface area contributed by atoms with Crippen molar-refractivity contribution in [1.82, 2.24) is 14.8 Å². The number of nitrogens with one attached hydrogen (secondary N) is 1. The highest BCUT2D eigenvalue weighted by molar-refractivity contribution is 6.01. The molecule has 1 aliphatic rings. The number of benzene rings is 1. The molecule has 3 aromatic rings. The van der Waals surface area contributed by atoms with Gasteiger partial charge in [-0.1, -0.05) is 13.0 Å². The van der Waals surface area contributed by atoms with E-state index >= 15 is 0 Å². The van der Waals surface area contributed by atoms with Crippen molar-refractivity contribution in [3.63, 3.8) is 0 Å². The van der Waals surface area contributed by atoms with Crippen molar-refractivity contribution in [3.05, 3.63) is 66.6 Å². The van der Waals surface area contributed by atoms with E-state index in [9.17, 15) is 4.79 Å². The largest absolute Gasteiger partial charge is 0.492 e. The molecule has 2 unspecified atom stereocenters. The summed E-state index contributed by atoms with van der Waals surface area (Å²) in [5.41, 5.74) is 0.667. The Labute approximate surface area is 163 Å². The number of carbonyl (C=O) groups is 1. The molecule has 2 heterocycles. The fraction of sp³-hybridized carbons (Fsp3) is 0.286. The van der Waals surface area contributed by atoms with Gasteiger partial charge in [-0.3, -0.25) is 4.79 Å². The molecule has 1 aromatic carbocycles. The summed E-state index contributed by atoms with van der Waals surface area (Å²) in [5.74, 6) is 3.37. The van der Waals surface area contributed by atoms with Crippen molar-refractivity contribution in [2.45, 2.75) is 25.8 Å². The number of nitrogens with zero attached hydrogens (tertiary/aromatic N) is 3. The molecule has 1 fully saturated rings. The third-order valence-electron chi connectivity index (χ3n) is 4.68. The van der Waals surface area contributed by atoms with Crippen LogP contribution >= 0.6 is 0 Å². The summed E-state index contributed by atoms with van der Waals surface area (Å²) in [6.45, 7) is 3.27. The van der Waals surface area contributed by atoms with E-state index in [1.807, 2.05) is 30.3 Å². The minimum atomic E-state index is -0.225. The third-order valence-corrected chi connectivity index (χ3v) is 4.68. The Hall–Kier alpha value is -3.35. The number of hydrogen-bond acceptors (Lipinski definition) is 5. The highest BCUT2D eigenvalue weighted by Crippen LogP contribution is 2.47.